The van der Waals surface area contributed by atoms with Gasteiger partial charge < -0.3 is 5.73 Å². The second-order valence-corrected chi connectivity index (χ2v) is 7.05. The highest BCUT2D eigenvalue weighted by atomic mass is 35.5. The van der Waals surface area contributed by atoms with Gasteiger partial charge in [0.25, 0.3) is 0 Å². The van der Waals surface area contributed by atoms with Crippen molar-refractivity contribution >= 4 is 12.4 Å². The van der Waals surface area contributed by atoms with Gasteiger partial charge in [-0.15, -0.1) is 12.4 Å². The topological polar surface area (TPSA) is 26.0 Å². The standard InChI is InChI=1S/C20H35N.ClH/c1-4-5-6-7-8-9-10-14-17-19(20(2,3)21)18-15-12-11-13-16-18;/h11-13,15-16,19H,4-10,14,17,21H2,1-3H3;1H. The molecule has 0 radical (unpaired) electrons. The average molecular weight is 326 g/mol. The van der Waals surface area contributed by atoms with Gasteiger partial charge >= 0.3 is 0 Å². The molecule has 0 spiro atoms. The predicted molar refractivity (Wildman–Crippen MR) is 102 cm³/mol. The summed E-state index contributed by atoms with van der Waals surface area (Å²) in [6, 6.07) is 10.8. The van der Waals surface area contributed by atoms with Gasteiger partial charge in [0.15, 0.2) is 0 Å². The Hall–Kier alpha value is -0.530. The minimum Gasteiger partial charge on any atom is -0.325 e. The van der Waals surface area contributed by atoms with Crippen LogP contribution in [0.4, 0.5) is 0 Å². The van der Waals surface area contributed by atoms with Crippen LogP contribution >= 0.6 is 12.4 Å². The first-order valence-corrected chi connectivity index (χ1v) is 8.89. The summed E-state index contributed by atoms with van der Waals surface area (Å²) in [4.78, 5) is 0. The van der Waals surface area contributed by atoms with Gasteiger partial charge in [-0.3, -0.25) is 0 Å². The van der Waals surface area contributed by atoms with Crippen LogP contribution in [0.5, 0.6) is 0 Å². The first kappa shape index (κ1) is 21.5. The van der Waals surface area contributed by atoms with E-state index in [2.05, 4.69) is 51.1 Å². The third-order valence-corrected chi connectivity index (χ3v) is 4.45. The maximum atomic E-state index is 6.41. The Morgan fingerprint density at radius 2 is 1.36 bits per heavy atom. The first-order valence-electron chi connectivity index (χ1n) is 8.89. The number of hydrogen-bond acceptors (Lipinski definition) is 1. The summed E-state index contributed by atoms with van der Waals surface area (Å²) in [5.41, 5.74) is 7.67. The fourth-order valence-corrected chi connectivity index (χ4v) is 3.14. The van der Waals surface area contributed by atoms with Gasteiger partial charge in [0, 0.05) is 11.5 Å². The van der Waals surface area contributed by atoms with Crippen molar-refractivity contribution in [3.05, 3.63) is 35.9 Å². The highest BCUT2D eigenvalue weighted by molar-refractivity contribution is 5.85. The van der Waals surface area contributed by atoms with Crippen LogP contribution in [0.15, 0.2) is 30.3 Å². The summed E-state index contributed by atoms with van der Waals surface area (Å²) in [5.74, 6) is 0.471. The fraction of sp³-hybridized carbons (Fsp3) is 0.700. The normalized spacial score (nSPS) is 12.7. The van der Waals surface area contributed by atoms with Gasteiger partial charge in [0.2, 0.25) is 0 Å². The largest absolute Gasteiger partial charge is 0.325 e. The van der Waals surface area contributed by atoms with Crippen LogP contribution in [0.1, 0.15) is 90.0 Å². The molecule has 0 saturated heterocycles. The number of nitrogens with two attached hydrogens (primary N) is 1. The smallest absolute Gasteiger partial charge is 0.0166 e. The molecule has 2 heteroatoms. The maximum Gasteiger partial charge on any atom is 0.0166 e. The molecule has 0 saturated carbocycles. The van der Waals surface area contributed by atoms with Gasteiger partial charge in [0.1, 0.15) is 0 Å². The molecule has 0 heterocycles. The van der Waals surface area contributed by atoms with Gasteiger partial charge in [0.05, 0.1) is 0 Å². The summed E-state index contributed by atoms with van der Waals surface area (Å²) < 4.78 is 0. The molecule has 0 aliphatic carbocycles. The second kappa shape index (κ2) is 12.0. The lowest BCUT2D eigenvalue weighted by Crippen LogP contribution is -2.39. The van der Waals surface area contributed by atoms with Crippen LogP contribution in [0.2, 0.25) is 0 Å². The molecule has 22 heavy (non-hydrogen) atoms. The Bertz CT molecular complexity index is 356. The molecule has 0 aromatic heterocycles. The van der Waals surface area contributed by atoms with Gasteiger partial charge in [-0.25, -0.2) is 0 Å². The van der Waals surface area contributed by atoms with E-state index in [1.807, 2.05) is 0 Å². The van der Waals surface area contributed by atoms with Gasteiger partial charge in [-0.2, -0.15) is 0 Å². The summed E-state index contributed by atoms with van der Waals surface area (Å²) >= 11 is 0. The van der Waals surface area contributed by atoms with Gasteiger partial charge in [-0.05, 0) is 25.8 Å². The van der Waals surface area contributed by atoms with Crippen molar-refractivity contribution in [2.75, 3.05) is 0 Å². The van der Waals surface area contributed by atoms with Crippen LogP contribution in [-0.2, 0) is 0 Å². The monoisotopic (exact) mass is 325 g/mol. The molecular formula is C20H36ClN. The molecule has 1 rings (SSSR count). The zero-order valence-corrected chi connectivity index (χ0v) is 15.6. The van der Waals surface area contributed by atoms with E-state index >= 15 is 0 Å². The van der Waals surface area contributed by atoms with E-state index in [0.717, 1.165) is 0 Å². The number of rotatable bonds is 11. The second-order valence-electron chi connectivity index (χ2n) is 7.05. The molecule has 1 aromatic rings. The van der Waals surface area contributed by atoms with Gasteiger partial charge in [-0.1, -0.05) is 88.6 Å². The van der Waals surface area contributed by atoms with Crippen LogP contribution in [0.25, 0.3) is 0 Å². The minimum atomic E-state index is -0.136. The van der Waals surface area contributed by atoms with E-state index in [-0.39, 0.29) is 17.9 Å². The minimum absolute atomic E-state index is 0. The average Bonchev–Trinajstić information content (AvgIpc) is 2.45. The van der Waals surface area contributed by atoms with Crippen molar-refractivity contribution in [3.63, 3.8) is 0 Å². The maximum absolute atomic E-state index is 6.41. The van der Waals surface area contributed by atoms with Crippen molar-refractivity contribution < 1.29 is 0 Å². The molecular weight excluding hydrogens is 290 g/mol. The molecule has 0 fully saturated rings. The Morgan fingerprint density at radius 1 is 0.864 bits per heavy atom. The van der Waals surface area contributed by atoms with E-state index < -0.39 is 0 Å². The lowest BCUT2D eigenvalue weighted by atomic mass is 9.79. The molecule has 128 valence electrons. The molecule has 0 bridgehead atoms. The van der Waals surface area contributed by atoms with Crippen molar-refractivity contribution in [2.24, 2.45) is 5.73 Å². The van der Waals surface area contributed by atoms with Crippen LogP contribution in [0.3, 0.4) is 0 Å². The zero-order chi connectivity index (χ0) is 15.6. The first-order chi connectivity index (χ1) is 10.1. The van der Waals surface area contributed by atoms with Crippen LogP contribution < -0.4 is 5.73 Å². The van der Waals surface area contributed by atoms with Crippen LogP contribution in [0, 0.1) is 0 Å². The van der Waals surface area contributed by atoms with Crippen molar-refractivity contribution in [2.45, 2.75) is 90.0 Å². The highest BCUT2D eigenvalue weighted by Gasteiger charge is 2.25. The third-order valence-electron chi connectivity index (χ3n) is 4.45. The molecule has 2 N–H and O–H groups in total. The quantitative estimate of drug-likeness (QED) is 0.464. The van der Waals surface area contributed by atoms with E-state index in [1.165, 1.54) is 63.4 Å². The molecule has 1 nitrogen and oxygen atoms in total. The summed E-state index contributed by atoms with van der Waals surface area (Å²) in [6.07, 6.45) is 12.2. The molecule has 1 aromatic carbocycles. The summed E-state index contributed by atoms with van der Waals surface area (Å²) in [5, 5.41) is 0. The lowest BCUT2D eigenvalue weighted by molar-refractivity contribution is 0.376. The number of hydrogen-bond donors (Lipinski definition) is 1. The zero-order valence-electron chi connectivity index (χ0n) is 14.8. The molecule has 1 unspecified atom stereocenters. The fourth-order valence-electron chi connectivity index (χ4n) is 3.14. The number of benzene rings is 1. The van der Waals surface area contributed by atoms with Crippen molar-refractivity contribution in [3.8, 4) is 0 Å². The Morgan fingerprint density at radius 3 is 1.86 bits per heavy atom. The number of unbranched alkanes of at least 4 members (excludes halogenated alkanes) is 7. The highest BCUT2D eigenvalue weighted by Crippen LogP contribution is 2.31. The summed E-state index contributed by atoms with van der Waals surface area (Å²) in [7, 11) is 0. The van der Waals surface area contributed by atoms with E-state index in [4.69, 9.17) is 5.73 Å². The lowest BCUT2D eigenvalue weighted by Gasteiger charge is -2.31. The Kier molecular flexibility index (Phi) is 11.7. The third kappa shape index (κ3) is 8.80. The van der Waals surface area contributed by atoms with E-state index in [0.29, 0.717) is 5.92 Å². The number of halogens is 1. The molecule has 0 aliphatic heterocycles. The molecule has 1 atom stereocenters. The van der Waals surface area contributed by atoms with Crippen molar-refractivity contribution in [1.82, 2.24) is 0 Å². The van der Waals surface area contributed by atoms with Crippen LogP contribution in [-0.4, -0.2) is 5.54 Å². The molecule has 0 aliphatic rings. The molecule has 0 amide bonds. The predicted octanol–water partition coefficient (Wildman–Crippen LogP) is 6.46. The van der Waals surface area contributed by atoms with E-state index in [1.54, 1.807) is 0 Å². The summed E-state index contributed by atoms with van der Waals surface area (Å²) in [6.45, 7) is 6.60. The van der Waals surface area contributed by atoms with E-state index in [9.17, 15) is 0 Å². The van der Waals surface area contributed by atoms with Crippen molar-refractivity contribution in [1.29, 1.82) is 0 Å². The Balaban J connectivity index is 0.00000441. The SMILES string of the molecule is CCCCCCCCCCC(c1ccccc1)C(C)(C)N.Cl. The Labute approximate surface area is 144 Å².